The Labute approximate surface area is 91.5 Å². The zero-order valence-electron chi connectivity index (χ0n) is 9.55. The number of hydrogen-bond acceptors (Lipinski definition) is 4. The average Bonchev–Trinajstić information content (AvgIpc) is 2.25. The van der Waals surface area contributed by atoms with Crippen LogP contribution in [0.5, 0.6) is 0 Å². The van der Waals surface area contributed by atoms with Gasteiger partial charge >= 0.3 is 5.97 Å². The molecule has 1 aliphatic rings. The van der Waals surface area contributed by atoms with Gasteiger partial charge in [-0.25, -0.2) is 0 Å². The zero-order chi connectivity index (χ0) is 11.1. The van der Waals surface area contributed by atoms with Crippen LogP contribution in [0.4, 0.5) is 0 Å². The molecule has 88 valence electrons. The topological polar surface area (TPSA) is 64.3 Å². The van der Waals surface area contributed by atoms with E-state index in [-0.39, 0.29) is 5.97 Å². The summed E-state index contributed by atoms with van der Waals surface area (Å²) in [7, 11) is 0. The summed E-state index contributed by atoms with van der Waals surface area (Å²) in [4.78, 5) is 11.7. The quantitative estimate of drug-likeness (QED) is 0.525. The van der Waals surface area contributed by atoms with Crippen molar-refractivity contribution in [3.05, 3.63) is 0 Å². The maximum atomic E-state index is 11.7. The molecule has 15 heavy (non-hydrogen) atoms. The fourth-order valence-corrected chi connectivity index (χ4v) is 1.74. The summed E-state index contributed by atoms with van der Waals surface area (Å²) in [5.41, 5.74) is 5.26. The number of carbonyl (C=O) groups excluding carboxylic acids is 1. The van der Waals surface area contributed by atoms with Gasteiger partial charge in [0, 0.05) is 0 Å². The minimum absolute atomic E-state index is 0.222. The molecule has 4 nitrogen and oxygen atoms in total. The molecule has 1 heterocycles. The van der Waals surface area contributed by atoms with Gasteiger partial charge < -0.3 is 15.8 Å². The van der Waals surface area contributed by atoms with Crippen LogP contribution in [0.1, 0.15) is 39.0 Å². The largest absolute Gasteiger partial charge is 0.464 e. The van der Waals surface area contributed by atoms with E-state index in [2.05, 4.69) is 12.2 Å². The summed E-state index contributed by atoms with van der Waals surface area (Å²) in [5.74, 6) is -0.222. The molecule has 0 amide bonds. The van der Waals surface area contributed by atoms with E-state index in [1.165, 1.54) is 0 Å². The van der Waals surface area contributed by atoms with E-state index in [4.69, 9.17) is 10.5 Å². The van der Waals surface area contributed by atoms with Crippen LogP contribution in [-0.4, -0.2) is 31.2 Å². The fraction of sp³-hybridized carbons (Fsp3) is 0.909. The lowest BCUT2D eigenvalue weighted by Crippen LogP contribution is -2.55. The van der Waals surface area contributed by atoms with Crippen molar-refractivity contribution in [2.24, 2.45) is 5.73 Å². The molecule has 1 aliphatic heterocycles. The molecule has 0 spiro atoms. The Hall–Kier alpha value is -0.610. The summed E-state index contributed by atoms with van der Waals surface area (Å²) >= 11 is 0. The van der Waals surface area contributed by atoms with Gasteiger partial charge in [0.15, 0.2) is 0 Å². The molecule has 0 atom stereocenters. The molecule has 1 rings (SSSR count). The Morgan fingerprint density at radius 1 is 1.40 bits per heavy atom. The van der Waals surface area contributed by atoms with Crippen molar-refractivity contribution < 1.29 is 9.53 Å². The zero-order valence-corrected chi connectivity index (χ0v) is 9.55. The van der Waals surface area contributed by atoms with E-state index >= 15 is 0 Å². The second-order valence-corrected chi connectivity index (χ2v) is 4.25. The van der Waals surface area contributed by atoms with Gasteiger partial charge in [-0.3, -0.25) is 4.79 Å². The molecule has 0 saturated carbocycles. The van der Waals surface area contributed by atoms with Gasteiger partial charge in [-0.05, 0) is 32.4 Å². The number of nitrogens with one attached hydrogen (secondary N) is 1. The first-order valence-electron chi connectivity index (χ1n) is 5.86. The van der Waals surface area contributed by atoms with Crippen molar-refractivity contribution in [1.82, 2.24) is 5.32 Å². The summed E-state index contributed by atoms with van der Waals surface area (Å²) in [5, 5.41) is 3.18. The number of esters is 1. The second-order valence-electron chi connectivity index (χ2n) is 4.25. The minimum atomic E-state index is -0.739. The van der Waals surface area contributed by atoms with Gasteiger partial charge in [0.1, 0.15) is 5.54 Å². The molecule has 0 aromatic heterocycles. The van der Waals surface area contributed by atoms with Crippen LogP contribution >= 0.6 is 0 Å². The highest BCUT2D eigenvalue weighted by Crippen LogP contribution is 2.16. The normalized spacial score (nSPS) is 19.9. The molecule has 0 aliphatic carbocycles. The molecule has 3 N–H and O–H groups in total. The highest BCUT2D eigenvalue weighted by Gasteiger charge is 2.36. The van der Waals surface area contributed by atoms with E-state index < -0.39 is 5.54 Å². The summed E-state index contributed by atoms with van der Waals surface area (Å²) in [6.07, 6.45) is 4.54. The lowest BCUT2D eigenvalue weighted by Gasteiger charge is -2.31. The molecule has 0 radical (unpaired) electrons. The summed E-state index contributed by atoms with van der Waals surface area (Å²) in [6, 6.07) is 0. The number of nitrogens with two attached hydrogens (primary N) is 1. The smallest absolute Gasteiger partial charge is 0.326 e. The highest BCUT2D eigenvalue weighted by molar-refractivity contribution is 5.80. The molecule has 0 unspecified atom stereocenters. The Morgan fingerprint density at radius 2 is 2.07 bits per heavy atom. The predicted octanol–water partition coefficient (Wildman–Crippen LogP) is 0.801. The van der Waals surface area contributed by atoms with Crippen LogP contribution in [0.2, 0.25) is 0 Å². The van der Waals surface area contributed by atoms with E-state index in [1.807, 2.05) is 0 Å². The first-order chi connectivity index (χ1) is 7.19. The van der Waals surface area contributed by atoms with Crippen LogP contribution in [0, 0.1) is 0 Å². The average molecular weight is 214 g/mol. The number of rotatable bonds is 5. The Bertz CT molecular complexity index is 201. The van der Waals surface area contributed by atoms with Crippen molar-refractivity contribution in [2.45, 2.75) is 44.6 Å². The summed E-state index contributed by atoms with van der Waals surface area (Å²) < 4.78 is 5.19. The van der Waals surface area contributed by atoms with E-state index in [9.17, 15) is 4.79 Å². The van der Waals surface area contributed by atoms with Crippen LogP contribution < -0.4 is 11.1 Å². The molecule has 1 fully saturated rings. The predicted molar refractivity (Wildman–Crippen MR) is 59.5 cm³/mol. The van der Waals surface area contributed by atoms with Crippen LogP contribution in [-0.2, 0) is 9.53 Å². The first-order valence-corrected chi connectivity index (χ1v) is 5.86. The number of piperidine rings is 1. The van der Waals surface area contributed by atoms with Gasteiger partial charge in [-0.15, -0.1) is 0 Å². The lowest BCUT2D eigenvalue weighted by atomic mass is 9.90. The van der Waals surface area contributed by atoms with Gasteiger partial charge in [0.25, 0.3) is 0 Å². The van der Waals surface area contributed by atoms with E-state index in [0.717, 1.165) is 32.4 Å². The monoisotopic (exact) mass is 214 g/mol. The van der Waals surface area contributed by atoms with Crippen LogP contribution in [0.25, 0.3) is 0 Å². The van der Waals surface area contributed by atoms with Gasteiger partial charge in [-0.2, -0.15) is 0 Å². The number of ether oxygens (including phenoxy) is 1. The highest BCUT2D eigenvalue weighted by atomic mass is 16.5. The minimum Gasteiger partial charge on any atom is -0.464 e. The van der Waals surface area contributed by atoms with E-state index in [0.29, 0.717) is 19.4 Å². The third kappa shape index (κ3) is 3.80. The maximum Gasteiger partial charge on any atom is 0.326 e. The number of hydrogen-bond donors (Lipinski definition) is 2. The fourth-order valence-electron chi connectivity index (χ4n) is 1.74. The van der Waals surface area contributed by atoms with Crippen LogP contribution in [0.15, 0.2) is 0 Å². The van der Waals surface area contributed by atoms with Crippen molar-refractivity contribution in [1.29, 1.82) is 0 Å². The Morgan fingerprint density at radius 3 is 2.67 bits per heavy atom. The molecule has 0 aromatic carbocycles. The van der Waals surface area contributed by atoms with Gasteiger partial charge in [-0.1, -0.05) is 19.8 Å². The number of unbranched alkanes of at least 4 members (excludes halogenated alkanes) is 2. The third-order valence-electron chi connectivity index (χ3n) is 2.88. The maximum absolute atomic E-state index is 11.7. The summed E-state index contributed by atoms with van der Waals surface area (Å²) in [6.45, 7) is 4.25. The second kappa shape index (κ2) is 6.08. The van der Waals surface area contributed by atoms with Crippen LogP contribution in [0.3, 0.4) is 0 Å². The number of carbonyl (C=O) groups is 1. The first kappa shape index (κ1) is 12.5. The van der Waals surface area contributed by atoms with Crippen molar-refractivity contribution in [2.75, 3.05) is 19.7 Å². The molecule has 0 aromatic rings. The lowest BCUT2D eigenvalue weighted by molar-refractivity contribution is -0.151. The van der Waals surface area contributed by atoms with Crippen molar-refractivity contribution in [3.63, 3.8) is 0 Å². The Kier molecular flexibility index (Phi) is 5.05. The molecular formula is C11H22N2O2. The van der Waals surface area contributed by atoms with Gasteiger partial charge in [0.2, 0.25) is 0 Å². The third-order valence-corrected chi connectivity index (χ3v) is 2.88. The van der Waals surface area contributed by atoms with Crippen molar-refractivity contribution >= 4 is 5.97 Å². The SMILES string of the molecule is CCCCCOC(=O)C1(N)CCNCC1. The Balaban J connectivity index is 2.25. The molecule has 1 saturated heterocycles. The van der Waals surface area contributed by atoms with Gasteiger partial charge in [0.05, 0.1) is 6.61 Å². The van der Waals surface area contributed by atoms with Crippen molar-refractivity contribution in [3.8, 4) is 0 Å². The molecular weight excluding hydrogens is 192 g/mol. The standard InChI is InChI=1S/C11H22N2O2/c1-2-3-4-9-15-10(14)11(12)5-7-13-8-6-11/h13H,2-9,12H2,1H3. The van der Waals surface area contributed by atoms with E-state index in [1.54, 1.807) is 0 Å². The molecule has 4 heteroatoms. The molecule has 0 bridgehead atoms.